The fourth-order valence-electron chi connectivity index (χ4n) is 4.92. The molecule has 2 aromatic carbocycles. The summed E-state index contributed by atoms with van der Waals surface area (Å²) in [5.41, 5.74) is 0.612. The van der Waals surface area contributed by atoms with E-state index in [4.69, 9.17) is 9.47 Å². The number of carbonyl (C=O) groups is 2. The molecule has 2 aliphatic rings. The van der Waals surface area contributed by atoms with Gasteiger partial charge in [0, 0.05) is 31.6 Å². The lowest BCUT2D eigenvalue weighted by Gasteiger charge is -2.32. The van der Waals surface area contributed by atoms with Gasteiger partial charge in [-0.15, -0.1) is 0 Å². The van der Waals surface area contributed by atoms with Crippen LogP contribution in [-0.2, 0) is 22.3 Å². The van der Waals surface area contributed by atoms with E-state index < -0.39 is 11.7 Å². The molecule has 1 atom stereocenters. The highest BCUT2D eigenvalue weighted by Gasteiger charge is 2.36. The van der Waals surface area contributed by atoms with Gasteiger partial charge in [-0.2, -0.15) is 18.3 Å². The van der Waals surface area contributed by atoms with E-state index >= 15 is 0 Å². The van der Waals surface area contributed by atoms with Crippen LogP contribution in [-0.4, -0.2) is 76.7 Å². The number of halogens is 3. The quantitative estimate of drug-likeness (QED) is 0.258. The van der Waals surface area contributed by atoms with Crippen LogP contribution in [0.4, 0.5) is 18.0 Å². The van der Waals surface area contributed by atoms with Crippen LogP contribution in [0.1, 0.15) is 23.6 Å². The Morgan fingerprint density at radius 2 is 2.00 bits per heavy atom. The molecule has 8 nitrogen and oxygen atoms in total. The zero-order chi connectivity index (χ0) is 29.1. The number of morpholine rings is 1. The molecule has 1 aromatic heterocycles. The molecule has 2 fully saturated rings. The maximum atomic E-state index is 13.7. The van der Waals surface area contributed by atoms with E-state index in [0.29, 0.717) is 47.6 Å². The summed E-state index contributed by atoms with van der Waals surface area (Å²) in [5, 5.41) is 4.68. The van der Waals surface area contributed by atoms with Gasteiger partial charge in [-0.05, 0) is 60.2 Å². The van der Waals surface area contributed by atoms with Gasteiger partial charge in [0.2, 0.25) is 0 Å². The first-order valence-corrected chi connectivity index (χ1v) is 13.9. The standard InChI is InChI=1S/C29H29F3N4O4S/c1-3-4-23-18-34(11-12-40-23)9-10-35-27(37)26(41-28(35)38)14-19-5-8-25-21(13-19)16-33-36(25)17-20-6-7-22(39-2)15-24(20)29(30,31)32/h3-8,13-16,23H,9-12,17-18H2,1-2H3/b4-3+,26-14-. The fourth-order valence-corrected chi connectivity index (χ4v) is 5.78. The number of amides is 2. The normalized spacial score (nSPS) is 19.8. The van der Waals surface area contributed by atoms with E-state index in [1.807, 2.05) is 19.1 Å². The van der Waals surface area contributed by atoms with Crippen molar-refractivity contribution in [3.8, 4) is 5.75 Å². The van der Waals surface area contributed by atoms with E-state index in [9.17, 15) is 22.8 Å². The smallest absolute Gasteiger partial charge is 0.416 e. The molecule has 5 rings (SSSR count). The van der Waals surface area contributed by atoms with Crippen LogP contribution in [0, 0.1) is 0 Å². The highest BCUT2D eigenvalue weighted by atomic mass is 32.2. The Balaban J connectivity index is 1.29. The van der Waals surface area contributed by atoms with E-state index in [0.717, 1.165) is 24.4 Å². The SMILES string of the molecule is C/C=C/C1CN(CCN2C(=O)S/C(=C\c3ccc4c(cnn4Cc4ccc(OC)cc4C(F)(F)F)c3)C2=O)CCO1. The number of fused-ring (bicyclic) bond motifs is 1. The van der Waals surface area contributed by atoms with Crippen molar-refractivity contribution in [2.75, 3.05) is 39.9 Å². The molecule has 0 saturated carbocycles. The van der Waals surface area contributed by atoms with Crippen LogP contribution >= 0.6 is 11.8 Å². The molecule has 3 aromatic rings. The van der Waals surface area contributed by atoms with Crippen molar-refractivity contribution in [3.63, 3.8) is 0 Å². The van der Waals surface area contributed by atoms with Crippen molar-refractivity contribution >= 4 is 39.9 Å². The highest BCUT2D eigenvalue weighted by Crippen LogP contribution is 2.36. The average molecular weight is 587 g/mol. The number of methoxy groups -OCH3 is 1. The number of carbonyl (C=O) groups excluding carboxylic acids is 2. The Bertz CT molecular complexity index is 1520. The molecule has 12 heteroatoms. The molecule has 0 N–H and O–H groups in total. The number of aromatic nitrogens is 2. The van der Waals surface area contributed by atoms with Gasteiger partial charge in [-0.3, -0.25) is 24.1 Å². The molecule has 216 valence electrons. The lowest BCUT2D eigenvalue weighted by molar-refractivity contribution is -0.138. The largest absolute Gasteiger partial charge is 0.497 e. The molecule has 3 heterocycles. The average Bonchev–Trinajstić information content (AvgIpc) is 3.46. The van der Waals surface area contributed by atoms with Gasteiger partial charge in [0.25, 0.3) is 11.1 Å². The van der Waals surface area contributed by atoms with Crippen molar-refractivity contribution in [2.45, 2.75) is 25.7 Å². The molecule has 41 heavy (non-hydrogen) atoms. The number of alkyl halides is 3. The third-order valence-electron chi connectivity index (χ3n) is 7.00. The molecule has 2 amide bonds. The van der Waals surface area contributed by atoms with Gasteiger partial charge in [0.05, 0.1) is 48.5 Å². The third-order valence-corrected chi connectivity index (χ3v) is 7.91. The van der Waals surface area contributed by atoms with Gasteiger partial charge in [0.1, 0.15) is 5.75 Å². The number of thioether (sulfide) groups is 1. The summed E-state index contributed by atoms with van der Waals surface area (Å²) in [4.78, 5) is 29.4. The summed E-state index contributed by atoms with van der Waals surface area (Å²) < 4.78 is 53.2. The minimum Gasteiger partial charge on any atom is -0.497 e. The lowest BCUT2D eigenvalue weighted by atomic mass is 10.1. The van der Waals surface area contributed by atoms with E-state index in [1.54, 1.807) is 30.5 Å². The predicted molar refractivity (Wildman–Crippen MR) is 151 cm³/mol. The van der Waals surface area contributed by atoms with Crippen LogP contribution in [0.3, 0.4) is 0 Å². The molecular formula is C29H29F3N4O4S. The van der Waals surface area contributed by atoms with Crippen molar-refractivity contribution in [3.05, 3.63) is 76.3 Å². The molecule has 1 unspecified atom stereocenters. The number of nitrogens with zero attached hydrogens (tertiary/aromatic N) is 4. The second kappa shape index (κ2) is 12.1. The Labute approximate surface area is 239 Å². The van der Waals surface area contributed by atoms with E-state index in [1.165, 1.54) is 28.8 Å². The summed E-state index contributed by atoms with van der Waals surface area (Å²) in [6.07, 6.45) is 2.63. The van der Waals surface area contributed by atoms with Crippen LogP contribution in [0.2, 0.25) is 0 Å². The topological polar surface area (TPSA) is 76.9 Å². The van der Waals surface area contributed by atoms with Gasteiger partial charge < -0.3 is 9.47 Å². The second-order valence-corrected chi connectivity index (χ2v) is 10.7. The number of imide groups is 1. The zero-order valence-electron chi connectivity index (χ0n) is 22.6. The highest BCUT2D eigenvalue weighted by molar-refractivity contribution is 8.18. The first-order chi connectivity index (χ1) is 19.7. The maximum Gasteiger partial charge on any atom is 0.416 e. The van der Waals surface area contributed by atoms with Gasteiger partial charge in [-0.25, -0.2) is 0 Å². The van der Waals surface area contributed by atoms with Crippen LogP contribution in [0.15, 0.2) is 59.7 Å². The van der Waals surface area contributed by atoms with Crippen molar-refractivity contribution < 1.29 is 32.2 Å². The summed E-state index contributed by atoms with van der Waals surface area (Å²) in [7, 11) is 1.32. The molecule has 0 spiro atoms. The van der Waals surface area contributed by atoms with Gasteiger partial charge >= 0.3 is 6.18 Å². The number of hydrogen-bond donors (Lipinski definition) is 0. The lowest BCUT2D eigenvalue weighted by Crippen LogP contribution is -2.45. The number of benzene rings is 2. The number of rotatable bonds is 8. The van der Waals surface area contributed by atoms with Crippen LogP contribution < -0.4 is 4.74 Å². The fraction of sp³-hybridized carbons (Fsp3) is 0.345. The molecule has 2 saturated heterocycles. The van der Waals surface area contributed by atoms with E-state index in [2.05, 4.69) is 10.00 Å². The van der Waals surface area contributed by atoms with Crippen molar-refractivity contribution in [2.24, 2.45) is 0 Å². The Morgan fingerprint density at radius 3 is 2.76 bits per heavy atom. The number of allylic oxidation sites excluding steroid dienone is 1. The Kier molecular flexibility index (Phi) is 8.52. The second-order valence-electron chi connectivity index (χ2n) is 9.71. The molecule has 0 radical (unpaired) electrons. The van der Waals surface area contributed by atoms with Gasteiger partial charge in [-0.1, -0.05) is 24.3 Å². The number of hydrogen-bond acceptors (Lipinski definition) is 7. The van der Waals surface area contributed by atoms with E-state index in [-0.39, 0.29) is 35.1 Å². The first-order valence-electron chi connectivity index (χ1n) is 13.1. The third kappa shape index (κ3) is 6.50. The minimum atomic E-state index is -4.54. The van der Waals surface area contributed by atoms with Gasteiger partial charge in [0.15, 0.2) is 0 Å². The summed E-state index contributed by atoms with van der Waals surface area (Å²) in [6.45, 7) is 4.76. The Morgan fingerprint density at radius 1 is 1.17 bits per heavy atom. The van der Waals surface area contributed by atoms with Crippen LogP contribution in [0.25, 0.3) is 17.0 Å². The predicted octanol–water partition coefficient (Wildman–Crippen LogP) is 5.43. The maximum absolute atomic E-state index is 13.7. The summed E-state index contributed by atoms with van der Waals surface area (Å²) in [6, 6.07) is 9.15. The molecular weight excluding hydrogens is 557 g/mol. The summed E-state index contributed by atoms with van der Waals surface area (Å²) >= 11 is 0.898. The Hall–Kier alpha value is -3.61. The summed E-state index contributed by atoms with van der Waals surface area (Å²) in [5.74, 6) is -0.215. The zero-order valence-corrected chi connectivity index (χ0v) is 23.4. The molecule has 0 aliphatic carbocycles. The molecule has 2 aliphatic heterocycles. The van der Waals surface area contributed by atoms with Crippen molar-refractivity contribution in [1.29, 1.82) is 0 Å². The molecule has 0 bridgehead atoms. The van der Waals surface area contributed by atoms with Crippen molar-refractivity contribution in [1.82, 2.24) is 19.6 Å². The monoisotopic (exact) mass is 586 g/mol. The first kappa shape index (κ1) is 28.9. The van der Waals surface area contributed by atoms with Crippen LogP contribution in [0.5, 0.6) is 5.75 Å². The minimum absolute atomic E-state index is 0.00531. The number of ether oxygens (including phenoxy) is 2.